The zero-order valence-corrected chi connectivity index (χ0v) is 13.6. The minimum Gasteiger partial charge on any atom is -0.397 e. The van der Waals surface area contributed by atoms with E-state index in [0.717, 1.165) is 40.4 Å². The summed E-state index contributed by atoms with van der Waals surface area (Å²) < 4.78 is 1.40. The molecule has 3 nitrogen and oxygen atoms in total. The predicted molar refractivity (Wildman–Crippen MR) is 84.5 cm³/mol. The first-order valence-corrected chi connectivity index (χ1v) is 7.98. The minimum absolute atomic E-state index is 0.365. The molecule has 1 saturated heterocycles. The fourth-order valence-electron chi connectivity index (χ4n) is 2.03. The second-order valence-electron chi connectivity index (χ2n) is 5.32. The first-order chi connectivity index (χ1) is 8.41. The van der Waals surface area contributed by atoms with Gasteiger partial charge in [0.05, 0.1) is 16.4 Å². The lowest BCUT2D eigenvalue weighted by Crippen LogP contribution is -2.28. The lowest BCUT2D eigenvalue weighted by atomic mass is 10.1. The normalized spacial score (nSPS) is 19.7. The molecule has 5 heteroatoms. The van der Waals surface area contributed by atoms with E-state index in [1.807, 2.05) is 18.7 Å². The average molecular weight is 330 g/mol. The Balaban J connectivity index is 2.24. The summed E-state index contributed by atoms with van der Waals surface area (Å²) in [5.41, 5.74) is 7.70. The van der Waals surface area contributed by atoms with Crippen LogP contribution >= 0.6 is 27.7 Å². The highest BCUT2D eigenvalue weighted by Gasteiger charge is 2.25. The summed E-state index contributed by atoms with van der Waals surface area (Å²) >= 11 is 5.67. The first kappa shape index (κ1) is 14.0. The number of halogens is 1. The van der Waals surface area contributed by atoms with Gasteiger partial charge in [-0.2, -0.15) is 11.8 Å². The van der Waals surface area contributed by atoms with Gasteiger partial charge < -0.3 is 10.6 Å². The van der Waals surface area contributed by atoms with Crippen LogP contribution in [-0.4, -0.2) is 28.6 Å². The summed E-state index contributed by atoms with van der Waals surface area (Å²) in [5, 5.41) is 0. The van der Waals surface area contributed by atoms with E-state index in [0.29, 0.717) is 4.75 Å². The Morgan fingerprint density at radius 1 is 1.44 bits per heavy atom. The molecule has 2 rings (SSSR count). The van der Waals surface area contributed by atoms with Gasteiger partial charge in [0.25, 0.3) is 0 Å². The van der Waals surface area contributed by atoms with Crippen LogP contribution in [0.5, 0.6) is 0 Å². The molecule has 0 unspecified atom stereocenters. The van der Waals surface area contributed by atoms with Crippen LogP contribution in [0.25, 0.3) is 0 Å². The quantitative estimate of drug-likeness (QED) is 0.856. The zero-order valence-electron chi connectivity index (χ0n) is 11.2. The fourth-order valence-corrected chi connectivity index (χ4v) is 3.71. The molecule has 18 heavy (non-hydrogen) atoms. The molecule has 2 N–H and O–H groups in total. The van der Waals surface area contributed by atoms with Crippen LogP contribution in [0.3, 0.4) is 0 Å². The summed E-state index contributed by atoms with van der Waals surface area (Å²) in [6.45, 7) is 8.76. The first-order valence-electron chi connectivity index (χ1n) is 6.20. The Hall–Kier alpha value is -0.420. The molecular weight excluding hydrogens is 310 g/mol. The van der Waals surface area contributed by atoms with E-state index >= 15 is 0 Å². The average Bonchev–Trinajstić information content (AvgIpc) is 2.48. The number of nitrogens with zero attached hydrogens (tertiary/aromatic N) is 2. The van der Waals surface area contributed by atoms with Gasteiger partial charge in [-0.1, -0.05) is 13.8 Å². The smallest absolute Gasteiger partial charge is 0.143 e. The number of hydrogen-bond acceptors (Lipinski definition) is 4. The summed E-state index contributed by atoms with van der Waals surface area (Å²) in [7, 11) is 0. The van der Waals surface area contributed by atoms with Crippen molar-refractivity contribution in [3.8, 4) is 0 Å². The lowest BCUT2D eigenvalue weighted by Gasteiger charge is -2.25. The molecule has 0 saturated carbocycles. The Morgan fingerprint density at radius 3 is 2.89 bits per heavy atom. The number of pyridine rings is 1. The number of aromatic nitrogens is 1. The highest BCUT2D eigenvalue weighted by Crippen LogP contribution is 2.35. The highest BCUT2D eigenvalue weighted by molar-refractivity contribution is 9.10. The van der Waals surface area contributed by atoms with Gasteiger partial charge in [-0.15, -0.1) is 0 Å². The maximum absolute atomic E-state index is 5.88. The van der Waals surface area contributed by atoms with Crippen molar-refractivity contribution in [2.75, 3.05) is 29.5 Å². The Kier molecular flexibility index (Phi) is 4.11. The third kappa shape index (κ3) is 2.94. The third-order valence-corrected chi connectivity index (χ3v) is 5.74. The van der Waals surface area contributed by atoms with Crippen molar-refractivity contribution in [2.24, 2.45) is 0 Å². The van der Waals surface area contributed by atoms with E-state index in [4.69, 9.17) is 5.73 Å². The van der Waals surface area contributed by atoms with E-state index < -0.39 is 0 Å². The van der Waals surface area contributed by atoms with Gasteiger partial charge in [-0.25, -0.2) is 4.98 Å². The molecule has 1 aromatic rings. The van der Waals surface area contributed by atoms with Gasteiger partial charge in [0, 0.05) is 23.6 Å². The Labute approximate surface area is 122 Å². The maximum Gasteiger partial charge on any atom is 0.143 e. The largest absolute Gasteiger partial charge is 0.397 e. The molecule has 0 aliphatic carbocycles. The van der Waals surface area contributed by atoms with Crippen molar-refractivity contribution < 1.29 is 0 Å². The molecule has 0 bridgehead atoms. The SMILES string of the molecule is Cc1c(N)cnc(N2CCSC(C)(C)CC2)c1Br. The van der Waals surface area contributed by atoms with Gasteiger partial charge in [0.2, 0.25) is 0 Å². The van der Waals surface area contributed by atoms with E-state index in [9.17, 15) is 0 Å². The monoisotopic (exact) mass is 329 g/mol. The molecule has 2 heterocycles. The molecule has 1 aliphatic rings. The number of thioether (sulfide) groups is 1. The molecule has 1 aromatic heterocycles. The van der Waals surface area contributed by atoms with Crippen LogP contribution in [0.1, 0.15) is 25.8 Å². The van der Waals surface area contributed by atoms with Crippen LogP contribution < -0.4 is 10.6 Å². The molecule has 0 spiro atoms. The number of anilines is 2. The third-order valence-electron chi connectivity index (χ3n) is 3.42. The maximum atomic E-state index is 5.88. The lowest BCUT2D eigenvalue weighted by molar-refractivity contribution is 0.634. The molecule has 0 amide bonds. The predicted octanol–water partition coefficient (Wildman–Crippen LogP) is 3.46. The Bertz CT molecular complexity index is 448. The van der Waals surface area contributed by atoms with Gasteiger partial charge in [0.15, 0.2) is 0 Å². The van der Waals surface area contributed by atoms with Crippen LogP contribution in [-0.2, 0) is 0 Å². The van der Waals surface area contributed by atoms with Crippen molar-refractivity contribution in [3.63, 3.8) is 0 Å². The van der Waals surface area contributed by atoms with E-state index in [1.165, 1.54) is 6.42 Å². The molecule has 1 aliphatic heterocycles. The van der Waals surface area contributed by atoms with Gasteiger partial charge >= 0.3 is 0 Å². The van der Waals surface area contributed by atoms with E-state index in [-0.39, 0.29) is 0 Å². The summed E-state index contributed by atoms with van der Waals surface area (Å²) in [6, 6.07) is 0. The molecular formula is C13H20BrN3S. The van der Waals surface area contributed by atoms with Crippen LogP contribution in [0.15, 0.2) is 10.7 Å². The second kappa shape index (κ2) is 5.29. The minimum atomic E-state index is 0.365. The zero-order chi connectivity index (χ0) is 13.3. The van der Waals surface area contributed by atoms with Gasteiger partial charge in [-0.3, -0.25) is 0 Å². The van der Waals surface area contributed by atoms with Crippen LogP contribution in [0.4, 0.5) is 11.5 Å². The van der Waals surface area contributed by atoms with Gasteiger partial charge in [0.1, 0.15) is 5.82 Å². The highest BCUT2D eigenvalue weighted by atomic mass is 79.9. The standard InChI is InChI=1S/C13H20BrN3S/c1-9-10(15)8-16-12(11(9)14)17-5-4-13(2,3)18-7-6-17/h8H,4-7,15H2,1-3H3. The molecule has 1 fully saturated rings. The second-order valence-corrected chi connectivity index (χ2v) is 7.92. The number of hydrogen-bond donors (Lipinski definition) is 1. The summed E-state index contributed by atoms with van der Waals surface area (Å²) in [5.74, 6) is 2.17. The van der Waals surface area contributed by atoms with Crippen molar-refractivity contribution in [2.45, 2.75) is 31.9 Å². The molecule has 100 valence electrons. The van der Waals surface area contributed by atoms with Crippen LogP contribution in [0, 0.1) is 6.92 Å². The van der Waals surface area contributed by atoms with E-state index in [2.05, 4.69) is 39.7 Å². The molecule has 0 atom stereocenters. The van der Waals surface area contributed by atoms with Crippen molar-refractivity contribution in [1.29, 1.82) is 0 Å². The fraction of sp³-hybridized carbons (Fsp3) is 0.615. The van der Waals surface area contributed by atoms with Crippen molar-refractivity contribution >= 4 is 39.2 Å². The Morgan fingerprint density at radius 2 is 2.17 bits per heavy atom. The number of rotatable bonds is 1. The van der Waals surface area contributed by atoms with Crippen molar-refractivity contribution in [3.05, 3.63) is 16.2 Å². The summed E-state index contributed by atoms with van der Waals surface area (Å²) in [6.07, 6.45) is 2.94. The van der Waals surface area contributed by atoms with Gasteiger partial charge in [-0.05, 0) is 34.8 Å². The van der Waals surface area contributed by atoms with Crippen LogP contribution in [0.2, 0.25) is 0 Å². The molecule has 0 aromatic carbocycles. The van der Waals surface area contributed by atoms with E-state index in [1.54, 1.807) is 6.20 Å². The summed E-state index contributed by atoms with van der Waals surface area (Å²) in [4.78, 5) is 6.86. The van der Waals surface area contributed by atoms with Crippen molar-refractivity contribution in [1.82, 2.24) is 4.98 Å². The molecule has 0 radical (unpaired) electrons. The topological polar surface area (TPSA) is 42.1 Å². The number of nitrogens with two attached hydrogens (primary N) is 1. The number of nitrogen functional groups attached to an aromatic ring is 1.